The second-order valence-corrected chi connectivity index (χ2v) is 3.65. The number of hydrogen-bond donors (Lipinski definition) is 2. The molecule has 1 aromatic rings. The lowest BCUT2D eigenvalue weighted by Crippen LogP contribution is -2.38. The van der Waals surface area contributed by atoms with E-state index in [1.807, 2.05) is 0 Å². The van der Waals surface area contributed by atoms with Gasteiger partial charge in [0.05, 0.1) is 0 Å². The van der Waals surface area contributed by atoms with Crippen molar-refractivity contribution in [2.75, 3.05) is 13.2 Å². The van der Waals surface area contributed by atoms with Crippen LogP contribution in [0.25, 0.3) is 0 Å². The van der Waals surface area contributed by atoms with E-state index in [9.17, 15) is 9.90 Å². The van der Waals surface area contributed by atoms with Crippen LogP contribution in [0.5, 0.6) is 5.75 Å². The van der Waals surface area contributed by atoms with E-state index >= 15 is 0 Å². The summed E-state index contributed by atoms with van der Waals surface area (Å²) < 4.78 is 5.34. The highest BCUT2D eigenvalue weighted by atomic mass is 16.5. The Kier molecular flexibility index (Phi) is 2.36. The van der Waals surface area contributed by atoms with Crippen LogP contribution in [0.2, 0.25) is 0 Å². The lowest BCUT2D eigenvalue weighted by molar-refractivity contribution is -0.145. The molecule has 0 amide bonds. The summed E-state index contributed by atoms with van der Waals surface area (Å²) >= 11 is 0. The molecule has 1 aliphatic heterocycles. The Morgan fingerprint density at radius 2 is 2.20 bits per heavy atom. The van der Waals surface area contributed by atoms with Gasteiger partial charge in [0, 0.05) is 12.2 Å². The molecule has 4 heteroatoms. The van der Waals surface area contributed by atoms with Crippen molar-refractivity contribution in [3.8, 4) is 5.75 Å². The summed E-state index contributed by atoms with van der Waals surface area (Å²) in [5.41, 5.74) is -0.419. The first kappa shape index (κ1) is 9.98. The molecule has 0 saturated carbocycles. The zero-order valence-corrected chi connectivity index (χ0v) is 8.14. The van der Waals surface area contributed by atoms with Crippen molar-refractivity contribution in [3.63, 3.8) is 0 Å². The van der Waals surface area contributed by atoms with Crippen molar-refractivity contribution in [2.24, 2.45) is 0 Å². The molecule has 2 N–H and O–H groups in total. The van der Waals surface area contributed by atoms with Crippen molar-refractivity contribution in [1.29, 1.82) is 0 Å². The second kappa shape index (κ2) is 3.55. The third kappa shape index (κ3) is 1.37. The molecular weight excluding hydrogens is 196 g/mol. The number of benzene rings is 1. The number of aliphatic hydroxyl groups is 1. The molecule has 80 valence electrons. The van der Waals surface area contributed by atoms with E-state index in [4.69, 9.17) is 9.84 Å². The summed E-state index contributed by atoms with van der Waals surface area (Å²) in [4.78, 5) is 11.3. The summed E-state index contributed by atoms with van der Waals surface area (Å²) in [5, 5.41) is 18.2. The Morgan fingerprint density at radius 3 is 2.87 bits per heavy atom. The quantitative estimate of drug-likeness (QED) is 0.770. The Hall–Kier alpha value is -1.55. The molecule has 1 aliphatic rings. The van der Waals surface area contributed by atoms with Gasteiger partial charge >= 0.3 is 5.97 Å². The Bertz CT molecular complexity index is 384. The van der Waals surface area contributed by atoms with E-state index in [1.54, 1.807) is 24.3 Å². The first-order valence-corrected chi connectivity index (χ1v) is 4.77. The Morgan fingerprint density at radius 1 is 1.47 bits per heavy atom. The summed E-state index contributed by atoms with van der Waals surface area (Å²) in [7, 11) is 0. The number of ether oxygens (including phenoxy) is 1. The highest BCUT2D eigenvalue weighted by Crippen LogP contribution is 2.41. The summed E-state index contributed by atoms with van der Waals surface area (Å²) in [6.07, 6.45) is 0.180. The maximum Gasteiger partial charge on any atom is 0.317 e. The van der Waals surface area contributed by atoms with Crippen LogP contribution in [0, 0.1) is 0 Å². The van der Waals surface area contributed by atoms with Crippen LogP contribution < -0.4 is 4.74 Å². The summed E-state index contributed by atoms with van der Waals surface area (Å²) in [5.74, 6) is -0.338. The molecule has 0 bridgehead atoms. The molecule has 0 saturated heterocycles. The number of hydrogen-bond acceptors (Lipinski definition) is 3. The van der Waals surface area contributed by atoms with Gasteiger partial charge in [-0.25, -0.2) is 0 Å². The van der Waals surface area contributed by atoms with Crippen molar-refractivity contribution in [3.05, 3.63) is 29.8 Å². The molecule has 1 heterocycles. The van der Waals surface area contributed by atoms with Gasteiger partial charge in [0.1, 0.15) is 17.8 Å². The fourth-order valence-electron chi connectivity index (χ4n) is 1.95. The van der Waals surface area contributed by atoms with Gasteiger partial charge in [-0.15, -0.1) is 0 Å². The van der Waals surface area contributed by atoms with Crippen molar-refractivity contribution >= 4 is 5.97 Å². The number of carboxylic acids is 1. The van der Waals surface area contributed by atoms with Gasteiger partial charge in [0.15, 0.2) is 0 Å². The van der Waals surface area contributed by atoms with E-state index in [0.717, 1.165) is 0 Å². The lowest BCUT2D eigenvalue weighted by atomic mass is 9.80. The normalized spacial score (nSPS) is 23.3. The highest BCUT2D eigenvalue weighted by molar-refractivity contribution is 5.83. The van der Waals surface area contributed by atoms with Gasteiger partial charge in [-0.05, 0) is 12.5 Å². The molecule has 0 aromatic heterocycles. The Labute approximate surface area is 87.1 Å². The minimum atomic E-state index is -1.08. The van der Waals surface area contributed by atoms with E-state index in [-0.39, 0.29) is 19.6 Å². The topological polar surface area (TPSA) is 66.8 Å². The minimum Gasteiger partial charge on any atom is -0.492 e. The lowest BCUT2D eigenvalue weighted by Gasteiger charge is -2.21. The predicted octanol–water partition coefficient (Wildman–Crippen LogP) is 0.784. The number of para-hydroxylation sites is 1. The van der Waals surface area contributed by atoms with Crippen LogP contribution in [0.4, 0.5) is 0 Å². The van der Waals surface area contributed by atoms with Crippen molar-refractivity contribution in [2.45, 2.75) is 11.8 Å². The summed E-state index contributed by atoms with van der Waals surface area (Å²) in [6, 6.07) is 7.07. The average molecular weight is 208 g/mol. The van der Waals surface area contributed by atoms with E-state index in [1.165, 1.54) is 0 Å². The van der Waals surface area contributed by atoms with E-state index in [2.05, 4.69) is 0 Å². The van der Waals surface area contributed by atoms with Crippen LogP contribution in [0.1, 0.15) is 12.0 Å². The molecule has 1 unspecified atom stereocenters. The molecule has 0 spiro atoms. The zero-order valence-electron chi connectivity index (χ0n) is 8.14. The number of carbonyl (C=O) groups is 1. The number of rotatable bonds is 3. The molecule has 2 rings (SSSR count). The van der Waals surface area contributed by atoms with E-state index in [0.29, 0.717) is 11.3 Å². The molecule has 4 nitrogen and oxygen atoms in total. The van der Waals surface area contributed by atoms with Gasteiger partial charge in [0.2, 0.25) is 0 Å². The van der Waals surface area contributed by atoms with Crippen LogP contribution in [-0.2, 0) is 10.2 Å². The number of fused-ring (bicyclic) bond motifs is 1. The number of aliphatic carboxylic acids is 1. The molecule has 1 aromatic carbocycles. The summed E-state index contributed by atoms with van der Waals surface area (Å²) in [6.45, 7) is -0.0633. The molecule has 1 atom stereocenters. The SMILES string of the molecule is O=C(O)C1(CCO)COc2ccccc21. The van der Waals surface area contributed by atoms with Gasteiger partial charge in [-0.1, -0.05) is 18.2 Å². The van der Waals surface area contributed by atoms with Crippen molar-refractivity contribution in [1.82, 2.24) is 0 Å². The largest absolute Gasteiger partial charge is 0.492 e. The molecule has 0 fully saturated rings. The van der Waals surface area contributed by atoms with Gasteiger partial charge in [-0.3, -0.25) is 4.79 Å². The average Bonchev–Trinajstić information content (AvgIpc) is 2.60. The smallest absolute Gasteiger partial charge is 0.317 e. The van der Waals surface area contributed by atoms with Gasteiger partial charge in [-0.2, -0.15) is 0 Å². The fraction of sp³-hybridized carbons (Fsp3) is 0.364. The van der Waals surface area contributed by atoms with Crippen LogP contribution in [0.15, 0.2) is 24.3 Å². The maximum atomic E-state index is 11.3. The molecule has 15 heavy (non-hydrogen) atoms. The van der Waals surface area contributed by atoms with Gasteiger partial charge < -0.3 is 14.9 Å². The molecular formula is C11H12O4. The van der Waals surface area contributed by atoms with Gasteiger partial charge in [0.25, 0.3) is 0 Å². The standard InChI is InChI=1S/C11H12O4/c12-6-5-11(10(13)14)7-15-9-4-2-1-3-8(9)11/h1-4,12H,5-7H2,(H,13,14). The van der Waals surface area contributed by atoms with Crippen LogP contribution in [0.3, 0.4) is 0 Å². The number of carboxylic acid groups (broad SMARTS) is 1. The van der Waals surface area contributed by atoms with Crippen LogP contribution in [-0.4, -0.2) is 29.4 Å². The monoisotopic (exact) mass is 208 g/mol. The van der Waals surface area contributed by atoms with Crippen molar-refractivity contribution < 1.29 is 19.7 Å². The highest BCUT2D eigenvalue weighted by Gasteiger charge is 2.46. The third-order valence-corrected chi connectivity index (χ3v) is 2.82. The molecule has 0 aliphatic carbocycles. The van der Waals surface area contributed by atoms with Crippen LogP contribution >= 0.6 is 0 Å². The first-order valence-electron chi connectivity index (χ1n) is 4.77. The number of aliphatic hydroxyl groups excluding tert-OH is 1. The Balaban J connectivity index is 2.49. The maximum absolute atomic E-state index is 11.3. The predicted molar refractivity (Wildman–Crippen MR) is 53.0 cm³/mol. The fourth-order valence-corrected chi connectivity index (χ4v) is 1.95. The van der Waals surface area contributed by atoms with E-state index < -0.39 is 11.4 Å². The zero-order chi connectivity index (χ0) is 10.9. The second-order valence-electron chi connectivity index (χ2n) is 3.65. The molecule has 0 radical (unpaired) electrons. The first-order chi connectivity index (χ1) is 7.20. The third-order valence-electron chi connectivity index (χ3n) is 2.82. The minimum absolute atomic E-state index is 0.0994.